The normalized spacial score (nSPS) is 14.2. The highest BCUT2D eigenvalue weighted by atomic mass is 79.9. The monoisotopic (exact) mass is 258 g/mol. The van der Waals surface area contributed by atoms with Gasteiger partial charge in [0.25, 0.3) is 0 Å². The van der Waals surface area contributed by atoms with E-state index in [1.54, 1.807) is 24.4 Å². The molecule has 0 spiro atoms. The fraction of sp³-hybridized carbons (Fsp3) is 0.125. The van der Waals surface area contributed by atoms with E-state index in [4.69, 9.17) is 5.26 Å². The SMILES string of the molecule is CS(=O)(=NC#N)c1cccc(Br)c1. The zero-order chi connectivity index (χ0) is 9.90. The van der Waals surface area contributed by atoms with Crippen LogP contribution in [0.3, 0.4) is 0 Å². The first-order valence-electron chi connectivity index (χ1n) is 3.42. The predicted molar refractivity (Wildman–Crippen MR) is 54.5 cm³/mol. The van der Waals surface area contributed by atoms with E-state index in [9.17, 15) is 4.21 Å². The van der Waals surface area contributed by atoms with Gasteiger partial charge in [0.15, 0.2) is 0 Å². The summed E-state index contributed by atoms with van der Waals surface area (Å²) in [6.45, 7) is 0. The van der Waals surface area contributed by atoms with Gasteiger partial charge in [-0.2, -0.15) is 5.26 Å². The van der Waals surface area contributed by atoms with Crippen molar-refractivity contribution in [3.63, 3.8) is 0 Å². The molecule has 0 aliphatic heterocycles. The molecular weight excluding hydrogens is 252 g/mol. The van der Waals surface area contributed by atoms with Crippen LogP contribution in [-0.4, -0.2) is 10.5 Å². The number of nitriles is 1. The molecule has 1 aromatic rings. The van der Waals surface area contributed by atoms with Crippen LogP contribution in [0, 0.1) is 11.5 Å². The Morgan fingerprint density at radius 2 is 2.31 bits per heavy atom. The minimum Gasteiger partial charge on any atom is -0.244 e. The molecule has 0 bridgehead atoms. The number of halogens is 1. The maximum absolute atomic E-state index is 11.7. The summed E-state index contributed by atoms with van der Waals surface area (Å²) in [6, 6.07) is 6.97. The maximum Gasteiger partial charge on any atom is 0.214 e. The second-order valence-electron chi connectivity index (χ2n) is 2.45. The van der Waals surface area contributed by atoms with Gasteiger partial charge in [0, 0.05) is 15.6 Å². The second-order valence-corrected chi connectivity index (χ2v) is 5.63. The van der Waals surface area contributed by atoms with Crippen molar-refractivity contribution >= 4 is 25.7 Å². The van der Waals surface area contributed by atoms with Crippen LogP contribution >= 0.6 is 15.9 Å². The molecule has 3 nitrogen and oxygen atoms in total. The van der Waals surface area contributed by atoms with E-state index in [1.807, 2.05) is 6.07 Å². The first-order valence-corrected chi connectivity index (χ1v) is 6.14. The fourth-order valence-electron chi connectivity index (χ4n) is 0.833. The Balaban J connectivity index is 3.34. The third-order valence-corrected chi connectivity index (χ3v) is 3.50. The molecule has 0 aromatic heterocycles. The fourth-order valence-corrected chi connectivity index (χ4v) is 2.32. The zero-order valence-electron chi connectivity index (χ0n) is 6.90. The molecule has 0 aliphatic rings. The molecule has 0 heterocycles. The van der Waals surface area contributed by atoms with Crippen molar-refractivity contribution < 1.29 is 4.21 Å². The molecule has 68 valence electrons. The largest absolute Gasteiger partial charge is 0.244 e. The summed E-state index contributed by atoms with van der Waals surface area (Å²) in [6.07, 6.45) is 3.00. The molecule has 5 heteroatoms. The Hall–Kier alpha value is -0.860. The van der Waals surface area contributed by atoms with Gasteiger partial charge < -0.3 is 0 Å². The van der Waals surface area contributed by atoms with Crippen molar-refractivity contribution in [2.24, 2.45) is 4.36 Å². The standard InChI is InChI=1S/C8H7BrN2OS/c1-13(12,11-6-10)8-4-2-3-7(9)5-8/h2-5H,1H3. The molecule has 0 fully saturated rings. The first kappa shape index (κ1) is 10.2. The highest BCUT2D eigenvalue weighted by molar-refractivity contribution is 9.10. The molecule has 0 saturated heterocycles. The molecule has 0 aliphatic carbocycles. The van der Waals surface area contributed by atoms with Crippen LogP contribution in [0.5, 0.6) is 0 Å². The van der Waals surface area contributed by atoms with E-state index in [0.717, 1.165) is 4.47 Å². The minimum atomic E-state index is -2.55. The Morgan fingerprint density at radius 1 is 1.62 bits per heavy atom. The lowest BCUT2D eigenvalue weighted by atomic mass is 10.4. The highest BCUT2D eigenvalue weighted by Gasteiger charge is 2.05. The maximum atomic E-state index is 11.7. The van der Waals surface area contributed by atoms with Gasteiger partial charge in [-0.3, -0.25) is 0 Å². The molecule has 0 radical (unpaired) electrons. The average Bonchev–Trinajstić information content (AvgIpc) is 2.04. The smallest absolute Gasteiger partial charge is 0.214 e. The Labute approximate surface area is 85.7 Å². The zero-order valence-corrected chi connectivity index (χ0v) is 9.30. The Morgan fingerprint density at radius 3 is 2.85 bits per heavy atom. The Bertz CT molecular complexity index is 469. The van der Waals surface area contributed by atoms with Gasteiger partial charge in [-0.25, -0.2) is 4.21 Å². The topological polar surface area (TPSA) is 53.2 Å². The van der Waals surface area contributed by atoms with Crippen LogP contribution in [0.25, 0.3) is 0 Å². The second kappa shape index (κ2) is 3.90. The quantitative estimate of drug-likeness (QED) is 0.727. The van der Waals surface area contributed by atoms with E-state index in [1.165, 1.54) is 6.26 Å². The molecule has 1 atom stereocenters. The molecule has 1 aromatic carbocycles. The third-order valence-electron chi connectivity index (χ3n) is 1.45. The van der Waals surface area contributed by atoms with E-state index in [2.05, 4.69) is 20.3 Å². The number of nitrogens with zero attached hydrogens (tertiary/aromatic N) is 2. The summed E-state index contributed by atoms with van der Waals surface area (Å²) in [4.78, 5) is 0.559. The van der Waals surface area contributed by atoms with Gasteiger partial charge in [0.2, 0.25) is 6.19 Å². The van der Waals surface area contributed by atoms with Crippen LogP contribution in [0.4, 0.5) is 0 Å². The summed E-state index contributed by atoms with van der Waals surface area (Å²) < 4.78 is 15.9. The molecule has 0 N–H and O–H groups in total. The third kappa shape index (κ3) is 2.54. The molecule has 1 rings (SSSR count). The lowest BCUT2D eigenvalue weighted by Gasteiger charge is -2.01. The van der Waals surface area contributed by atoms with E-state index < -0.39 is 9.73 Å². The van der Waals surface area contributed by atoms with Crippen LogP contribution in [0.15, 0.2) is 38.0 Å². The highest BCUT2D eigenvalue weighted by Crippen LogP contribution is 2.17. The van der Waals surface area contributed by atoms with Gasteiger partial charge in [0.1, 0.15) is 0 Å². The van der Waals surface area contributed by atoms with Crippen LogP contribution < -0.4 is 0 Å². The lowest BCUT2D eigenvalue weighted by Crippen LogP contribution is -1.96. The van der Waals surface area contributed by atoms with Crippen LogP contribution in [-0.2, 0) is 9.73 Å². The van der Waals surface area contributed by atoms with E-state index in [-0.39, 0.29) is 0 Å². The molecule has 0 saturated carbocycles. The van der Waals surface area contributed by atoms with Gasteiger partial charge >= 0.3 is 0 Å². The minimum absolute atomic E-state index is 0.559. The van der Waals surface area contributed by atoms with Crippen LogP contribution in [0.1, 0.15) is 0 Å². The van der Waals surface area contributed by atoms with Crippen molar-refractivity contribution in [3.05, 3.63) is 28.7 Å². The Kier molecular flexibility index (Phi) is 3.07. The predicted octanol–water partition coefficient (Wildman–Crippen LogP) is 2.39. The lowest BCUT2D eigenvalue weighted by molar-refractivity contribution is 0.681. The number of hydrogen-bond acceptors (Lipinski definition) is 3. The van der Waals surface area contributed by atoms with E-state index >= 15 is 0 Å². The van der Waals surface area contributed by atoms with Crippen molar-refractivity contribution in [1.82, 2.24) is 0 Å². The number of benzene rings is 1. The molecular formula is C8H7BrN2OS. The van der Waals surface area contributed by atoms with Crippen molar-refractivity contribution in [2.75, 3.05) is 6.26 Å². The summed E-state index contributed by atoms with van der Waals surface area (Å²) in [7, 11) is -2.55. The molecule has 1 unspecified atom stereocenters. The van der Waals surface area contributed by atoms with Gasteiger partial charge in [-0.15, -0.1) is 4.36 Å². The van der Waals surface area contributed by atoms with Gasteiger partial charge in [-0.1, -0.05) is 22.0 Å². The molecule has 0 amide bonds. The molecule has 13 heavy (non-hydrogen) atoms. The van der Waals surface area contributed by atoms with Crippen molar-refractivity contribution in [1.29, 1.82) is 5.26 Å². The van der Waals surface area contributed by atoms with Crippen molar-refractivity contribution in [2.45, 2.75) is 4.90 Å². The van der Waals surface area contributed by atoms with Crippen LogP contribution in [0.2, 0.25) is 0 Å². The number of rotatable bonds is 1. The van der Waals surface area contributed by atoms with Crippen molar-refractivity contribution in [3.8, 4) is 6.19 Å². The summed E-state index contributed by atoms with van der Waals surface area (Å²) in [5.74, 6) is 0. The van der Waals surface area contributed by atoms with Gasteiger partial charge in [-0.05, 0) is 18.2 Å². The summed E-state index contributed by atoms with van der Waals surface area (Å²) >= 11 is 3.26. The summed E-state index contributed by atoms with van der Waals surface area (Å²) in [5, 5.41) is 8.32. The summed E-state index contributed by atoms with van der Waals surface area (Å²) in [5.41, 5.74) is 0. The number of hydrogen-bond donors (Lipinski definition) is 0. The van der Waals surface area contributed by atoms with E-state index in [0.29, 0.717) is 4.90 Å². The average molecular weight is 259 g/mol. The van der Waals surface area contributed by atoms with Gasteiger partial charge in [0.05, 0.1) is 9.73 Å². The first-order chi connectivity index (χ1) is 6.06.